The van der Waals surface area contributed by atoms with Gasteiger partial charge in [0.05, 0.1) is 0 Å². The van der Waals surface area contributed by atoms with Gasteiger partial charge in [-0.3, -0.25) is 4.79 Å². The second-order valence-electron chi connectivity index (χ2n) is 2.19. The number of nitrogens with zero attached hydrogens (tertiary/aromatic N) is 3. The minimum atomic E-state index is -0.259. The minimum absolute atomic E-state index is 0.259. The summed E-state index contributed by atoms with van der Waals surface area (Å²) >= 11 is 0. The lowest BCUT2D eigenvalue weighted by Gasteiger charge is -1.93. The van der Waals surface area contributed by atoms with Gasteiger partial charge in [-0.2, -0.15) is 5.10 Å². The minimum Gasteiger partial charge on any atom is -0.340 e. The molecular formula is C7H6N4O. The molecule has 2 aromatic rings. The molecular weight excluding hydrogens is 156 g/mol. The third-order valence-electron chi connectivity index (χ3n) is 1.41. The van der Waals surface area contributed by atoms with E-state index in [4.69, 9.17) is 0 Å². The van der Waals surface area contributed by atoms with Gasteiger partial charge >= 0.3 is 5.91 Å². The molecule has 0 aliphatic carbocycles. The summed E-state index contributed by atoms with van der Waals surface area (Å²) in [5, 5.41) is 3.78. The van der Waals surface area contributed by atoms with Gasteiger partial charge in [0, 0.05) is 24.8 Å². The SMILES string of the molecule is O=C(c1ncc[nH]1)n1cccn1. The molecule has 0 amide bonds. The van der Waals surface area contributed by atoms with Gasteiger partial charge < -0.3 is 4.98 Å². The van der Waals surface area contributed by atoms with Crippen LogP contribution in [0.2, 0.25) is 0 Å². The number of hydrogen-bond donors (Lipinski definition) is 1. The first-order valence-corrected chi connectivity index (χ1v) is 3.41. The molecule has 0 spiro atoms. The molecule has 0 aliphatic rings. The summed E-state index contributed by atoms with van der Waals surface area (Å²) in [6.07, 6.45) is 6.24. The van der Waals surface area contributed by atoms with Crippen molar-refractivity contribution in [1.82, 2.24) is 19.7 Å². The Kier molecular flexibility index (Phi) is 1.48. The molecule has 0 aromatic carbocycles. The molecule has 0 unspecified atom stereocenters. The van der Waals surface area contributed by atoms with E-state index >= 15 is 0 Å². The molecule has 2 heterocycles. The lowest BCUT2D eigenvalue weighted by atomic mass is 10.6. The van der Waals surface area contributed by atoms with Crippen LogP contribution in [0.25, 0.3) is 0 Å². The first-order chi connectivity index (χ1) is 5.88. The fraction of sp³-hybridized carbons (Fsp3) is 0. The monoisotopic (exact) mass is 162 g/mol. The Labute approximate surface area is 68.1 Å². The number of rotatable bonds is 1. The van der Waals surface area contributed by atoms with Gasteiger partial charge in [0.15, 0.2) is 5.82 Å². The van der Waals surface area contributed by atoms with Crippen molar-refractivity contribution in [2.75, 3.05) is 0 Å². The van der Waals surface area contributed by atoms with Crippen molar-refractivity contribution in [3.05, 3.63) is 36.7 Å². The maximum absolute atomic E-state index is 11.4. The Morgan fingerprint density at radius 2 is 2.42 bits per heavy atom. The Balaban J connectivity index is 2.34. The van der Waals surface area contributed by atoms with E-state index in [-0.39, 0.29) is 5.91 Å². The highest BCUT2D eigenvalue weighted by Gasteiger charge is 2.09. The molecule has 0 aliphatic heterocycles. The first kappa shape index (κ1) is 6.78. The van der Waals surface area contributed by atoms with Crippen LogP contribution in [-0.4, -0.2) is 25.7 Å². The van der Waals surface area contributed by atoms with Crippen molar-refractivity contribution in [3.63, 3.8) is 0 Å². The summed E-state index contributed by atoms with van der Waals surface area (Å²) in [4.78, 5) is 17.9. The van der Waals surface area contributed by atoms with Crippen molar-refractivity contribution in [1.29, 1.82) is 0 Å². The third kappa shape index (κ3) is 1.01. The molecule has 2 aromatic heterocycles. The van der Waals surface area contributed by atoms with Crippen LogP contribution in [0.3, 0.4) is 0 Å². The molecule has 0 bridgehead atoms. The molecule has 1 N–H and O–H groups in total. The summed E-state index contributed by atoms with van der Waals surface area (Å²) in [6, 6.07) is 1.68. The van der Waals surface area contributed by atoms with Crippen LogP contribution in [0.4, 0.5) is 0 Å². The fourth-order valence-electron chi connectivity index (χ4n) is 0.880. The number of H-pyrrole nitrogens is 1. The highest BCUT2D eigenvalue weighted by atomic mass is 16.2. The van der Waals surface area contributed by atoms with Crippen LogP contribution in [0.15, 0.2) is 30.9 Å². The average Bonchev–Trinajstić information content (AvgIpc) is 2.77. The van der Waals surface area contributed by atoms with Crippen LogP contribution < -0.4 is 0 Å². The molecule has 2 rings (SSSR count). The fourth-order valence-corrected chi connectivity index (χ4v) is 0.880. The number of carbonyl (C=O) groups is 1. The van der Waals surface area contributed by atoms with E-state index in [1.54, 1.807) is 24.7 Å². The van der Waals surface area contributed by atoms with Crippen LogP contribution >= 0.6 is 0 Å². The van der Waals surface area contributed by atoms with Crippen molar-refractivity contribution in [3.8, 4) is 0 Å². The van der Waals surface area contributed by atoms with Crippen molar-refractivity contribution >= 4 is 5.91 Å². The highest BCUT2D eigenvalue weighted by molar-refractivity contribution is 5.91. The Hall–Kier alpha value is -1.91. The molecule has 0 radical (unpaired) electrons. The van der Waals surface area contributed by atoms with Gasteiger partial charge in [-0.15, -0.1) is 0 Å². The standard InChI is InChI=1S/C7H6N4O/c12-7(6-8-3-4-9-6)11-5-1-2-10-11/h1-5H,(H,8,9). The van der Waals surface area contributed by atoms with Gasteiger partial charge in [-0.1, -0.05) is 0 Å². The van der Waals surface area contributed by atoms with Gasteiger partial charge in [0.2, 0.25) is 0 Å². The van der Waals surface area contributed by atoms with Crippen LogP contribution in [0, 0.1) is 0 Å². The molecule has 5 nitrogen and oxygen atoms in total. The zero-order chi connectivity index (χ0) is 8.39. The second kappa shape index (κ2) is 2.61. The number of nitrogens with one attached hydrogen (secondary N) is 1. The Morgan fingerprint density at radius 1 is 1.50 bits per heavy atom. The molecule has 0 atom stereocenters. The van der Waals surface area contributed by atoms with E-state index < -0.39 is 0 Å². The smallest absolute Gasteiger partial charge is 0.313 e. The van der Waals surface area contributed by atoms with E-state index in [1.165, 1.54) is 10.9 Å². The number of aromatic amines is 1. The van der Waals surface area contributed by atoms with E-state index in [1.807, 2.05) is 0 Å². The van der Waals surface area contributed by atoms with Gasteiger partial charge in [-0.25, -0.2) is 9.67 Å². The van der Waals surface area contributed by atoms with Gasteiger partial charge in [0.1, 0.15) is 0 Å². The van der Waals surface area contributed by atoms with Crippen molar-refractivity contribution in [2.24, 2.45) is 0 Å². The van der Waals surface area contributed by atoms with Crippen LogP contribution in [0.1, 0.15) is 10.6 Å². The molecule has 60 valence electrons. The largest absolute Gasteiger partial charge is 0.340 e. The quantitative estimate of drug-likeness (QED) is 0.655. The summed E-state index contributed by atoms with van der Waals surface area (Å²) in [7, 11) is 0. The average molecular weight is 162 g/mol. The Morgan fingerprint density at radius 3 is 3.00 bits per heavy atom. The first-order valence-electron chi connectivity index (χ1n) is 3.41. The third-order valence-corrected chi connectivity index (χ3v) is 1.41. The molecule has 0 saturated carbocycles. The van der Waals surface area contributed by atoms with Crippen LogP contribution in [0.5, 0.6) is 0 Å². The summed E-state index contributed by atoms with van der Waals surface area (Å²) < 4.78 is 1.22. The summed E-state index contributed by atoms with van der Waals surface area (Å²) in [6.45, 7) is 0. The summed E-state index contributed by atoms with van der Waals surface area (Å²) in [5.74, 6) is 0.0312. The van der Waals surface area contributed by atoms with E-state index in [2.05, 4.69) is 15.1 Å². The topological polar surface area (TPSA) is 63.6 Å². The maximum atomic E-state index is 11.4. The predicted octanol–water partition coefficient (Wildman–Crippen LogP) is 0.295. The molecule has 12 heavy (non-hydrogen) atoms. The molecule has 5 heteroatoms. The predicted molar refractivity (Wildman–Crippen MR) is 40.5 cm³/mol. The van der Waals surface area contributed by atoms with Gasteiger partial charge in [-0.05, 0) is 6.07 Å². The number of carbonyl (C=O) groups excluding carboxylic acids is 1. The van der Waals surface area contributed by atoms with Gasteiger partial charge in [0.25, 0.3) is 0 Å². The number of imidazole rings is 1. The maximum Gasteiger partial charge on any atom is 0.313 e. The zero-order valence-corrected chi connectivity index (χ0v) is 6.14. The Bertz CT molecular complexity index is 326. The zero-order valence-electron chi connectivity index (χ0n) is 6.14. The highest BCUT2D eigenvalue weighted by Crippen LogP contribution is 1.93. The van der Waals surface area contributed by atoms with Crippen molar-refractivity contribution < 1.29 is 4.79 Å². The summed E-state index contributed by atoms with van der Waals surface area (Å²) in [5.41, 5.74) is 0. The van der Waals surface area contributed by atoms with E-state index in [9.17, 15) is 4.79 Å². The number of aromatic nitrogens is 4. The molecule has 0 fully saturated rings. The number of hydrogen-bond acceptors (Lipinski definition) is 3. The molecule has 0 saturated heterocycles. The van der Waals surface area contributed by atoms with E-state index in [0.717, 1.165) is 0 Å². The second-order valence-corrected chi connectivity index (χ2v) is 2.19. The normalized spacial score (nSPS) is 10.0. The lowest BCUT2D eigenvalue weighted by Crippen LogP contribution is -2.13. The van der Waals surface area contributed by atoms with E-state index in [0.29, 0.717) is 5.82 Å². The lowest BCUT2D eigenvalue weighted by molar-refractivity contribution is 0.0935. The van der Waals surface area contributed by atoms with Crippen LogP contribution in [-0.2, 0) is 0 Å². The van der Waals surface area contributed by atoms with Crippen molar-refractivity contribution in [2.45, 2.75) is 0 Å².